The largest absolute Gasteiger partial charge is 0.398 e. The van der Waals surface area contributed by atoms with E-state index in [1.165, 1.54) is 18.6 Å². The Morgan fingerprint density at radius 2 is 2.40 bits per heavy atom. The van der Waals surface area contributed by atoms with Crippen LogP contribution in [-0.4, -0.2) is 15.1 Å². The first-order valence-electron chi connectivity index (χ1n) is 5.19. The summed E-state index contributed by atoms with van der Waals surface area (Å²) in [7, 11) is 0. The Morgan fingerprint density at radius 3 is 3.20 bits per heavy atom. The minimum Gasteiger partial charge on any atom is -0.398 e. The van der Waals surface area contributed by atoms with Gasteiger partial charge in [-0.3, -0.25) is 0 Å². The molecule has 1 unspecified atom stereocenters. The molecule has 78 valence electrons. The maximum absolute atomic E-state index is 5.80. The topological polar surface area (TPSA) is 43.3 Å². The molecule has 0 bridgehead atoms. The van der Waals surface area contributed by atoms with Crippen LogP contribution in [0, 0.1) is 0 Å². The predicted octanol–water partition coefficient (Wildman–Crippen LogP) is 2.48. The van der Waals surface area contributed by atoms with E-state index in [0.29, 0.717) is 5.25 Å². The second-order valence-corrected chi connectivity index (χ2v) is 5.19. The zero-order valence-electron chi connectivity index (χ0n) is 8.39. The summed E-state index contributed by atoms with van der Waals surface area (Å²) in [4.78, 5) is 4.50. The van der Waals surface area contributed by atoms with E-state index in [-0.39, 0.29) is 0 Å². The van der Waals surface area contributed by atoms with Crippen molar-refractivity contribution in [2.24, 2.45) is 0 Å². The highest BCUT2D eigenvalue weighted by atomic mass is 32.2. The molecule has 1 aliphatic heterocycles. The summed E-state index contributed by atoms with van der Waals surface area (Å²) in [5.41, 5.74) is 7.72. The van der Waals surface area contributed by atoms with Crippen LogP contribution in [0.1, 0.15) is 23.9 Å². The number of aromatic nitrogens is 2. The van der Waals surface area contributed by atoms with Crippen molar-refractivity contribution in [3.05, 3.63) is 30.4 Å². The van der Waals surface area contributed by atoms with Gasteiger partial charge in [0.15, 0.2) is 0 Å². The normalized spacial score (nSPS) is 21.2. The first-order valence-corrected chi connectivity index (χ1v) is 6.23. The van der Waals surface area contributed by atoms with Gasteiger partial charge in [0.25, 0.3) is 0 Å². The Morgan fingerprint density at radius 1 is 1.47 bits per heavy atom. The third-order valence-corrected chi connectivity index (χ3v) is 4.17. The number of nitrogens with two attached hydrogens (primary N) is 1. The molecular formula is C11H13N3S. The fraction of sp³-hybridized carbons (Fsp3) is 0.364. The van der Waals surface area contributed by atoms with E-state index >= 15 is 0 Å². The van der Waals surface area contributed by atoms with Gasteiger partial charge in [-0.2, -0.15) is 11.8 Å². The average molecular weight is 219 g/mol. The van der Waals surface area contributed by atoms with Gasteiger partial charge < -0.3 is 10.1 Å². The second-order valence-electron chi connectivity index (χ2n) is 3.88. The molecule has 2 aromatic heterocycles. The standard InChI is InChI=1S/C11H13N3S/c12-8-3-4-9-6-13-11(14(9)7-8)10-2-1-5-15-10/h3-4,6-7,10H,1-2,5,12H2. The molecule has 2 aromatic rings. The van der Waals surface area contributed by atoms with Gasteiger partial charge in [0, 0.05) is 11.9 Å². The van der Waals surface area contributed by atoms with Crippen molar-refractivity contribution in [2.75, 3.05) is 11.5 Å². The summed E-state index contributed by atoms with van der Waals surface area (Å²) in [6.07, 6.45) is 6.43. The molecule has 1 fully saturated rings. The Bertz CT molecular complexity index is 486. The Balaban J connectivity index is 2.13. The number of nitrogen functional groups attached to an aromatic ring is 1. The second kappa shape index (κ2) is 3.45. The number of hydrogen-bond donors (Lipinski definition) is 1. The number of fused-ring (bicyclic) bond motifs is 1. The van der Waals surface area contributed by atoms with Crippen molar-refractivity contribution in [1.29, 1.82) is 0 Å². The minimum absolute atomic E-state index is 0.550. The smallest absolute Gasteiger partial charge is 0.126 e. The van der Waals surface area contributed by atoms with Crippen LogP contribution < -0.4 is 5.73 Å². The summed E-state index contributed by atoms with van der Waals surface area (Å²) in [6, 6.07) is 3.94. The Hall–Kier alpha value is -1.16. The van der Waals surface area contributed by atoms with Crippen LogP contribution in [0.4, 0.5) is 5.69 Å². The molecule has 3 nitrogen and oxygen atoms in total. The Kier molecular flexibility index (Phi) is 2.09. The lowest BCUT2D eigenvalue weighted by molar-refractivity contribution is 0.774. The van der Waals surface area contributed by atoms with Crippen LogP contribution >= 0.6 is 11.8 Å². The Labute approximate surface area is 92.7 Å². The summed E-state index contributed by atoms with van der Waals surface area (Å²) in [6.45, 7) is 0. The first-order chi connectivity index (χ1) is 7.34. The van der Waals surface area contributed by atoms with Crippen molar-refractivity contribution in [3.63, 3.8) is 0 Å². The van der Waals surface area contributed by atoms with E-state index in [9.17, 15) is 0 Å². The van der Waals surface area contributed by atoms with Gasteiger partial charge >= 0.3 is 0 Å². The lowest BCUT2D eigenvalue weighted by Crippen LogP contribution is -1.98. The van der Waals surface area contributed by atoms with E-state index in [1.807, 2.05) is 36.3 Å². The monoisotopic (exact) mass is 219 g/mol. The average Bonchev–Trinajstić information content (AvgIpc) is 2.83. The molecule has 2 N–H and O–H groups in total. The van der Waals surface area contributed by atoms with Gasteiger partial charge in [-0.1, -0.05) is 0 Å². The van der Waals surface area contributed by atoms with Gasteiger partial charge in [0.1, 0.15) is 5.82 Å². The van der Waals surface area contributed by atoms with E-state index in [0.717, 1.165) is 17.0 Å². The number of rotatable bonds is 1. The zero-order valence-corrected chi connectivity index (χ0v) is 9.20. The number of hydrogen-bond acceptors (Lipinski definition) is 3. The molecule has 3 heterocycles. The van der Waals surface area contributed by atoms with Crippen molar-refractivity contribution in [2.45, 2.75) is 18.1 Å². The van der Waals surface area contributed by atoms with E-state index in [2.05, 4.69) is 9.38 Å². The number of anilines is 1. The molecule has 1 aliphatic rings. The van der Waals surface area contributed by atoms with Crippen molar-refractivity contribution in [3.8, 4) is 0 Å². The molecule has 0 aliphatic carbocycles. The third-order valence-electron chi connectivity index (χ3n) is 2.80. The molecule has 0 saturated carbocycles. The highest BCUT2D eigenvalue weighted by Gasteiger charge is 2.21. The summed E-state index contributed by atoms with van der Waals surface area (Å²) in [5, 5.41) is 0.550. The molecule has 0 radical (unpaired) electrons. The summed E-state index contributed by atoms with van der Waals surface area (Å²) < 4.78 is 2.12. The van der Waals surface area contributed by atoms with Crippen molar-refractivity contribution < 1.29 is 0 Å². The number of pyridine rings is 1. The van der Waals surface area contributed by atoms with E-state index in [4.69, 9.17) is 5.73 Å². The molecule has 0 amide bonds. The highest BCUT2D eigenvalue weighted by Crippen LogP contribution is 2.39. The number of nitrogens with zero attached hydrogens (tertiary/aromatic N) is 2. The molecule has 3 rings (SSSR count). The summed E-state index contributed by atoms with van der Waals surface area (Å²) in [5.74, 6) is 2.40. The van der Waals surface area contributed by atoms with Crippen molar-refractivity contribution in [1.82, 2.24) is 9.38 Å². The lowest BCUT2D eigenvalue weighted by Gasteiger charge is -2.07. The van der Waals surface area contributed by atoms with Crippen LogP contribution in [0.2, 0.25) is 0 Å². The van der Waals surface area contributed by atoms with Gasteiger partial charge in [0.2, 0.25) is 0 Å². The van der Waals surface area contributed by atoms with Crippen LogP contribution in [-0.2, 0) is 0 Å². The molecule has 0 spiro atoms. The molecule has 0 aromatic carbocycles. The van der Waals surface area contributed by atoms with Crippen molar-refractivity contribution >= 4 is 23.0 Å². The van der Waals surface area contributed by atoms with Gasteiger partial charge in [-0.25, -0.2) is 4.98 Å². The first kappa shape index (κ1) is 9.09. The SMILES string of the molecule is Nc1ccc2cnc(C3CCCS3)n2c1. The number of thioether (sulfide) groups is 1. The maximum Gasteiger partial charge on any atom is 0.126 e. The molecule has 1 atom stereocenters. The maximum atomic E-state index is 5.80. The van der Waals surface area contributed by atoms with E-state index < -0.39 is 0 Å². The lowest BCUT2D eigenvalue weighted by atomic mass is 10.2. The van der Waals surface area contributed by atoms with E-state index in [1.54, 1.807) is 0 Å². The minimum atomic E-state index is 0.550. The van der Waals surface area contributed by atoms with Gasteiger partial charge in [-0.15, -0.1) is 0 Å². The molecule has 15 heavy (non-hydrogen) atoms. The quantitative estimate of drug-likeness (QED) is 0.801. The van der Waals surface area contributed by atoms with Gasteiger partial charge in [0.05, 0.1) is 17.0 Å². The predicted molar refractivity (Wildman–Crippen MR) is 64.0 cm³/mol. The molecule has 1 saturated heterocycles. The zero-order chi connectivity index (χ0) is 10.3. The fourth-order valence-corrected chi connectivity index (χ4v) is 3.32. The van der Waals surface area contributed by atoms with Crippen LogP contribution in [0.5, 0.6) is 0 Å². The van der Waals surface area contributed by atoms with Crippen LogP contribution in [0.3, 0.4) is 0 Å². The fourth-order valence-electron chi connectivity index (χ4n) is 2.05. The van der Waals surface area contributed by atoms with Gasteiger partial charge in [-0.05, 0) is 30.7 Å². The highest BCUT2D eigenvalue weighted by molar-refractivity contribution is 7.99. The molecule has 4 heteroatoms. The molecular weight excluding hydrogens is 206 g/mol. The number of imidazole rings is 1. The van der Waals surface area contributed by atoms with Crippen LogP contribution in [0.25, 0.3) is 5.52 Å². The summed E-state index contributed by atoms with van der Waals surface area (Å²) >= 11 is 2.00. The third kappa shape index (κ3) is 1.49. The van der Waals surface area contributed by atoms with Crippen LogP contribution in [0.15, 0.2) is 24.5 Å².